The molecule has 3 saturated heterocycles. The summed E-state index contributed by atoms with van der Waals surface area (Å²) < 4.78 is 29.7. The summed E-state index contributed by atoms with van der Waals surface area (Å²) in [5, 5.41) is 0. The lowest BCUT2D eigenvalue weighted by Crippen LogP contribution is -2.53. The topological polar surface area (TPSA) is 104 Å². The molecule has 0 radical (unpaired) electrons. The summed E-state index contributed by atoms with van der Waals surface area (Å²) in [5.74, 6) is -2.52. The Hall–Kier alpha value is -2.19. The van der Waals surface area contributed by atoms with Crippen LogP contribution >= 0.6 is 0 Å². The number of fused-ring (bicyclic) bond motifs is 3. The zero-order valence-corrected chi connectivity index (χ0v) is 20.4. The standard InChI is InChI=1S/C25H34O8/c1-8-13(3)20(26)30-18-17-15(29-22(28)25(17,7)33-21(27)14(4)9-2)12-24(6)16(31-24)10-11-23(5)19(18)32-23/h8-9,15-19H,10-12H2,1-7H3/b13-8-,14-9-/t15-,16-,17+,18+,19+,23-,24+,25-/m1/s1. The van der Waals surface area contributed by atoms with E-state index in [-0.39, 0.29) is 6.10 Å². The van der Waals surface area contributed by atoms with Gasteiger partial charge < -0.3 is 23.7 Å². The Kier molecular flexibility index (Phi) is 5.77. The smallest absolute Gasteiger partial charge is 0.351 e. The Morgan fingerprint density at radius 1 is 1.00 bits per heavy atom. The maximum atomic E-state index is 13.2. The Bertz CT molecular complexity index is 937. The highest BCUT2D eigenvalue weighted by Crippen LogP contribution is 2.56. The summed E-state index contributed by atoms with van der Waals surface area (Å²) >= 11 is 0. The minimum atomic E-state index is -1.65. The SMILES string of the molecule is C/C=C(/C)C(=O)O[C@H]1[C@@H]2[C@@H](C[C@]3(C)O[C@@H]3CC[C@@]3(C)O[C@@H]13)OC(=O)[C@]2(C)OC(=O)/C(C)=C\C. The van der Waals surface area contributed by atoms with Crippen molar-refractivity contribution in [1.82, 2.24) is 0 Å². The Balaban J connectivity index is 1.76. The van der Waals surface area contributed by atoms with Crippen LogP contribution in [0.4, 0.5) is 0 Å². The third kappa shape index (κ3) is 4.01. The van der Waals surface area contributed by atoms with Crippen molar-refractivity contribution >= 4 is 17.9 Å². The predicted molar refractivity (Wildman–Crippen MR) is 117 cm³/mol. The maximum Gasteiger partial charge on any atom is 0.351 e. The Morgan fingerprint density at radius 3 is 2.27 bits per heavy atom. The van der Waals surface area contributed by atoms with Crippen LogP contribution in [0.5, 0.6) is 0 Å². The molecule has 182 valence electrons. The van der Waals surface area contributed by atoms with Crippen LogP contribution in [-0.4, -0.2) is 59.1 Å². The van der Waals surface area contributed by atoms with Crippen molar-refractivity contribution in [1.29, 1.82) is 0 Å². The van der Waals surface area contributed by atoms with E-state index >= 15 is 0 Å². The van der Waals surface area contributed by atoms with Crippen molar-refractivity contribution in [2.45, 2.75) is 109 Å². The largest absolute Gasteiger partial charge is 0.459 e. The highest BCUT2D eigenvalue weighted by Gasteiger charge is 2.71. The van der Waals surface area contributed by atoms with Gasteiger partial charge in [-0.25, -0.2) is 14.4 Å². The van der Waals surface area contributed by atoms with E-state index in [0.29, 0.717) is 17.6 Å². The lowest BCUT2D eigenvalue weighted by molar-refractivity contribution is -0.176. The molecule has 0 aromatic carbocycles. The molecule has 0 spiro atoms. The molecule has 1 saturated carbocycles. The molecule has 0 unspecified atom stereocenters. The molecule has 3 aliphatic heterocycles. The molecule has 0 aromatic heterocycles. The lowest BCUT2D eigenvalue weighted by Gasteiger charge is -2.35. The number of ether oxygens (including phenoxy) is 5. The van der Waals surface area contributed by atoms with E-state index in [4.69, 9.17) is 23.7 Å². The van der Waals surface area contributed by atoms with Crippen LogP contribution in [0.3, 0.4) is 0 Å². The molecule has 1 aliphatic carbocycles. The lowest BCUT2D eigenvalue weighted by atomic mass is 9.75. The number of hydrogen-bond acceptors (Lipinski definition) is 8. The molecule has 0 N–H and O–H groups in total. The quantitative estimate of drug-likeness (QED) is 0.272. The van der Waals surface area contributed by atoms with E-state index in [0.717, 1.165) is 12.8 Å². The molecule has 0 aromatic rings. The molecule has 0 bridgehead atoms. The number of esters is 3. The average Bonchev–Trinajstić information content (AvgIpc) is 3.60. The number of rotatable bonds is 4. The van der Waals surface area contributed by atoms with E-state index < -0.39 is 58.9 Å². The van der Waals surface area contributed by atoms with Crippen LogP contribution in [0.15, 0.2) is 23.3 Å². The zero-order valence-electron chi connectivity index (χ0n) is 20.4. The van der Waals surface area contributed by atoms with Crippen molar-refractivity contribution in [2.24, 2.45) is 5.92 Å². The number of allylic oxidation sites excluding steroid dienone is 2. The third-order valence-electron chi connectivity index (χ3n) is 7.90. The van der Waals surface area contributed by atoms with Crippen molar-refractivity contribution < 1.29 is 38.1 Å². The molecule has 4 aliphatic rings. The van der Waals surface area contributed by atoms with E-state index in [2.05, 4.69) is 0 Å². The van der Waals surface area contributed by atoms with Crippen molar-refractivity contribution in [3.63, 3.8) is 0 Å². The molecular weight excluding hydrogens is 428 g/mol. The summed E-state index contributed by atoms with van der Waals surface area (Å²) in [5.41, 5.74) is -1.82. The van der Waals surface area contributed by atoms with E-state index in [1.165, 1.54) is 0 Å². The molecule has 8 atom stereocenters. The van der Waals surface area contributed by atoms with Gasteiger partial charge in [0.2, 0.25) is 5.60 Å². The summed E-state index contributed by atoms with van der Waals surface area (Å²) in [7, 11) is 0. The van der Waals surface area contributed by atoms with Gasteiger partial charge in [0.25, 0.3) is 0 Å². The van der Waals surface area contributed by atoms with Gasteiger partial charge in [-0.3, -0.25) is 0 Å². The molecule has 4 rings (SSSR count). The summed E-state index contributed by atoms with van der Waals surface area (Å²) in [6.07, 6.45) is 3.34. The second kappa shape index (κ2) is 7.94. The van der Waals surface area contributed by atoms with Gasteiger partial charge in [0.15, 0.2) is 0 Å². The minimum absolute atomic E-state index is 0.0440. The summed E-state index contributed by atoms with van der Waals surface area (Å²) in [4.78, 5) is 38.8. The fraction of sp³-hybridized carbons (Fsp3) is 0.720. The predicted octanol–water partition coefficient (Wildman–Crippen LogP) is 3.17. The van der Waals surface area contributed by atoms with Crippen LogP contribution in [0.25, 0.3) is 0 Å². The maximum absolute atomic E-state index is 13.2. The average molecular weight is 463 g/mol. The minimum Gasteiger partial charge on any atom is -0.459 e. The van der Waals surface area contributed by atoms with Crippen LogP contribution < -0.4 is 0 Å². The molecule has 4 fully saturated rings. The Labute approximate surface area is 194 Å². The molecule has 8 heteroatoms. The molecule has 3 heterocycles. The first kappa shape index (κ1) is 24.0. The van der Waals surface area contributed by atoms with Crippen molar-refractivity contribution in [2.75, 3.05) is 0 Å². The molecule has 8 nitrogen and oxygen atoms in total. The fourth-order valence-electron chi connectivity index (χ4n) is 5.19. The van der Waals surface area contributed by atoms with E-state index in [1.807, 2.05) is 13.8 Å². The molecule has 33 heavy (non-hydrogen) atoms. The highest BCUT2D eigenvalue weighted by molar-refractivity contribution is 5.92. The van der Waals surface area contributed by atoms with E-state index in [1.54, 1.807) is 46.8 Å². The van der Waals surface area contributed by atoms with Gasteiger partial charge in [-0.05, 0) is 61.3 Å². The first-order valence-corrected chi connectivity index (χ1v) is 11.7. The Morgan fingerprint density at radius 2 is 1.64 bits per heavy atom. The summed E-state index contributed by atoms with van der Waals surface area (Å²) in [6, 6.07) is 0. The van der Waals surface area contributed by atoms with Crippen LogP contribution in [0.2, 0.25) is 0 Å². The third-order valence-corrected chi connectivity index (χ3v) is 7.90. The van der Waals surface area contributed by atoms with Gasteiger partial charge in [0, 0.05) is 17.6 Å². The second-order valence-electron chi connectivity index (χ2n) is 10.3. The first-order chi connectivity index (χ1) is 15.4. The van der Waals surface area contributed by atoms with Gasteiger partial charge in [0.05, 0.1) is 23.2 Å². The highest BCUT2D eigenvalue weighted by atomic mass is 16.7. The zero-order chi connectivity index (χ0) is 24.3. The van der Waals surface area contributed by atoms with Crippen molar-refractivity contribution in [3.05, 3.63) is 23.3 Å². The van der Waals surface area contributed by atoms with Gasteiger partial charge in [-0.2, -0.15) is 0 Å². The normalized spacial score (nSPS) is 44.6. The van der Waals surface area contributed by atoms with Crippen LogP contribution in [0, 0.1) is 5.92 Å². The summed E-state index contributed by atoms with van der Waals surface area (Å²) in [6.45, 7) is 12.3. The van der Waals surface area contributed by atoms with E-state index in [9.17, 15) is 14.4 Å². The van der Waals surface area contributed by atoms with Gasteiger partial charge in [-0.1, -0.05) is 12.2 Å². The monoisotopic (exact) mass is 462 g/mol. The molecule has 0 amide bonds. The fourth-order valence-corrected chi connectivity index (χ4v) is 5.19. The van der Waals surface area contributed by atoms with Gasteiger partial charge in [0.1, 0.15) is 18.3 Å². The second-order valence-corrected chi connectivity index (χ2v) is 10.3. The number of carbonyl (C=O) groups excluding carboxylic acids is 3. The van der Waals surface area contributed by atoms with Crippen LogP contribution in [0.1, 0.15) is 67.7 Å². The number of epoxide rings is 2. The van der Waals surface area contributed by atoms with Crippen LogP contribution in [-0.2, 0) is 38.1 Å². The van der Waals surface area contributed by atoms with Gasteiger partial charge >= 0.3 is 17.9 Å². The van der Waals surface area contributed by atoms with Gasteiger partial charge in [-0.15, -0.1) is 0 Å². The first-order valence-electron chi connectivity index (χ1n) is 11.7. The van der Waals surface area contributed by atoms with Crippen molar-refractivity contribution in [3.8, 4) is 0 Å². The number of hydrogen-bond donors (Lipinski definition) is 0. The number of carbonyl (C=O) groups is 3. The molecular formula is C25H34O8.